The van der Waals surface area contributed by atoms with Crippen molar-refractivity contribution in [2.45, 2.75) is 59.4 Å². The van der Waals surface area contributed by atoms with Crippen LogP contribution in [0.4, 0.5) is 0 Å². The molecule has 2 aliphatic heterocycles. The van der Waals surface area contributed by atoms with E-state index in [2.05, 4.69) is 47.7 Å². The Hall–Kier alpha value is -0.610. The zero-order valence-electron chi connectivity index (χ0n) is 19.7. The molecule has 0 aromatic heterocycles. The van der Waals surface area contributed by atoms with Crippen molar-refractivity contribution in [2.24, 2.45) is 4.99 Å². The van der Waals surface area contributed by atoms with Gasteiger partial charge in [-0.25, -0.2) is 0 Å². The predicted molar refractivity (Wildman–Crippen MR) is 137 cm³/mol. The highest BCUT2D eigenvalue weighted by atomic mass is 127. The molecule has 0 aliphatic carbocycles. The smallest absolute Gasteiger partial charge is 0.239 e. The van der Waals surface area contributed by atoms with Gasteiger partial charge >= 0.3 is 0 Å². The van der Waals surface area contributed by atoms with Crippen LogP contribution in [0.25, 0.3) is 0 Å². The number of carbonyl (C=O) groups is 1. The number of rotatable bonds is 10. The molecule has 1 N–H and O–H groups in total. The number of carbonyl (C=O) groups excluding carboxylic acids is 1. The van der Waals surface area contributed by atoms with Crippen LogP contribution in [0, 0.1) is 0 Å². The molecule has 0 saturated carbocycles. The second-order valence-corrected chi connectivity index (χ2v) is 8.20. The number of hydrogen-bond acceptors (Lipinski definition) is 4. The maximum Gasteiger partial charge on any atom is 0.239 e. The first-order chi connectivity index (χ1) is 14.1. The maximum absolute atomic E-state index is 12.7. The molecule has 0 radical (unpaired) electrons. The first-order valence-corrected chi connectivity index (χ1v) is 11.9. The van der Waals surface area contributed by atoms with Crippen molar-refractivity contribution in [3.05, 3.63) is 0 Å². The van der Waals surface area contributed by atoms with E-state index in [1.54, 1.807) is 0 Å². The summed E-state index contributed by atoms with van der Waals surface area (Å²) in [5, 5.41) is 3.46. The van der Waals surface area contributed by atoms with Crippen molar-refractivity contribution < 1.29 is 4.79 Å². The van der Waals surface area contributed by atoms with Crippen LogP contribution in [-0.2, 0) is 4.79 Å². The molecule has 2 aliphatic rings. The zero-order valence-corrected chi connectivity index (χ0v) is 22.1. The average Bonchev–Trinajstić information content (AvgIpc) is 3.29. The van der Waals surface area contributed by atoms with Crippen molar-refractivity contribution in [3.8, 4) is 0 Å². The number of nitrogens with one attached hydrogen (secondary N) is 1. The third-order valence-electron chi connectivity index (χ3n) is 6.31. The highest BCUT2D eigenvalue weighted by Crippen LogP contribution is 2.14. The van der Waals surface area contributed by atoms with E-state index in [4.69, 9.17) is 4.99 Å². The number of likely N-dealkylation sites (tertiary alicyclic amines) is 1. The lowest BCUT2D eigenvalue weighted by Crippen LogP contribution is -2.57. The second kappa shape index (κ2) is 15.2. The molecule has 0 aromatic rings. The standard InChI is InChI=1S/C22H44N6O.HI/c1-5-23-22(24-12-8-9-13-25(6-2)7-3)28-18-16-26(17-19-28)20(4)21(29)27-14-10-11-15-27;/h20H,5-19H2,1-4H3,(H,23,24);1H. The minimum Gasteiger partial charge on any atom is -0.357 e. The molecule has 0 spiro atoms. The minimum absolute atomic E-state index is 0. The van der Waals surface area contributed by atoms with Gasteiger partial charge in [-0.2, -0.15) is 0 Å². The summed E-state index contributed by atoms with van der Waals surface area (Å²) in [6.45, 7) is 19.4. The predicted octanol–water partition coefficient (Wildman–Crippen LogP) is 2.32. The maximum atomic E-state index is 12.7. The van der Waals surface area contributed by atoms with Gasteiger partial charge in [0.2, 0.25) is 5.91 Å². The lowest BCUT2D eigenvalue weighted by molar-refractivity contribution is -0.135. The topological polar surface area (TPSA) is 54.4 Å². The normalized spacial score (nSPS) is 19.2. The lowest BCUT2D eigenvalue weighted by atomic mass is 10.2. The number of hydrogen-bond donors (Lipinski definition) is 1. The zero-order chi connectivity index (χ0) is 21.1. The van der Waals surface area contributed by atoms with E-state index in [9.17, 15) is 4.79 Å². The van der Waals surface area contributed by atoms with Gasteiger partial charge in [0, 0.05) is 52.4 Å². The molecule has 0 aromatic carbocycles. The SMILES string of the molecule is CCNC(=NCCCCN(CC)CC)N1CCN(C(C)C(=O)N2CCCC2)CC1.I. The Kier molecular flexibility index (Phi) is 13.9. The minimum atomic E-state index is -0.00477. The molecule has 176 valence electrons. The Labute approximate surface area is 201 Å². The fourth-order valence-corrected chi connectivity index (χ4v) is 4.28. The van der Waals surface area contributed by atoms with Crippen molar-refractivity contribution in [2.75, 3.05) is 72.0 Å². The first kappa shape index (κ1) is 27.4. The first-order valence-electron chi connectivity index (χ1n) is 11.9. The molecule has 8 heteroatoms. The molecule has 1 amide bonds. The number of unbranched alkanes of at least 4 members (excludes halogenated alkanes) is 1. The highest BCUT2D eigenvalue weighted by molar-refractivity contribution is 14.0. The van der Waals surface area contributed by atoms with Gasteiger partial charge in [0.15, 0.2) is 5.96 Å². The molecule has 30 heavy (non-hydrogen) atoms. The van der Waals surface area contributed by atoms with E-state index in [1.165, 1.54) is 13.0 Å². The van der Waals surface area contributed by atoms with Crippen LogP contribution < -0.4 is 5.32 Å². The Bertz CT molecular complexity index is 500. The Balaban J connectivity index is 0.00000450. The highest BCUT2D eigenvalue weighted by Gasteiger charge is 2.30. The fraction of sp³-hybridized carbons (Fsp3) is 0.909. The van der Waals surface area contributed by atoms with Crippen molar-refractivity contribution in [1.82, 2.24) is 24.9 Å². The van der Waals surface area contributed by atoms with Gasteiger partial charge in [-0.05, 0) is 59.2 Å². The van der Waals surface area contributed by atoms with Gasteiger partial charge in [-0.3, -0.25) is 14.7 Å². The number of aliphatic imine (C=N–C) groups is 1. The fourth-order valence-electron chi connectivity index (χ4n) is 4.28. The van der Waals surface area contributed by atoms with Crippen molar-refractivity contribution in [3.63, 3.8) is 0 Å². The molecule has 2 rings (SSSR count). The Morgan fingerprint density at radius 3 is 2.17 bits per heavy atom. The molecule has 2 saturated heterocycles. The summed E-state index contributed by atoms with van der Waals surface area (Å²) in [6, 6.07) is -0.00477. The quantitative estimate of drug-likeness (QED) is 0.201. The van der Waals surface area contributed by atoms with Crippen LogP contribution in [0.2, 0.25) is 0 Å². The van der Waals surface area contributed by atoms with E-state index in [1.807, 2.05) is 4.90 Å². The number of guanidine groups is 1. The monoisotopic (exact) mass is 536 g/mol. The van der Waals surface area contributed by atoms with Gasteiger partial charge in [-0.15, -0.1) is 24.0 Å². The van der Waals surface area contributed by atoms with Gasteiger partial charge < -0.3 is 20.0 Å². The van der Waals surface area contributed by atoms with Crippen LogP contribution in [0.3, 0.4) is 0 Å². The number of halogens is 1. The summed E-state index contributed by atoms with van der Waals surface area (Å²) in [6.07, 6.45) is 4.65. The van der Waals surface area contributed by atoms with Gasteiger partial charge in [0.05, 0.1) is 6.04 Å². The van der Waals surface area contributed by atoms with Gasteiger partial charge in [-0.1, -0.05) is 13.8 Å². The molecule has 1 unspecified atom stereocenters. The Morgan fingerprint density at radius 1 is 0.967 bits per heavy atom. The Morgan fingerprint density at radius 2 is 1.60 bits per heavy atom. The number of amides is 1. The molecule has 7 nitrogen and oxygen atoms in total. The summed E-state index contributed by atoms with van der Waals surface area (Å²) < 4.78 is 0. The van der Waals surface area contributed by atoms with E-state index < -0.39 is 0 Å². The van der Waals surface area contributed by atoms with E-state index >= 15 is 0 Å². The van der Waals surface area contributed by atoms with E-state index in [-0.39, 0.29) is 30.0 Å². The van der Waals surface area contributed by atoms with Gasteiger partial charge in [0.1, 0.15) is 0 Å². The van der Waals surface area contributed by atoms with Crippen LogP contribution in [0.1, 0.15) is 53.4 Å². The average molecular weight is 537 g/mol. The van der Waals surface area contributed by atoms with Gasteiger partial charge in [0.25, 0.3) is 0 Å². The van der Waals surface area contributed by atoms with Crippen LogP contribution in [0.5, 0.6) is 0 Å². The molecular weight excluding hydrogens is 491 g/mol. The summed E-state index contributed by atoms with van der Waals surface area (Å²) in [5.74, 6) is 1.35. The molecule has 2 heterocycles. The summed E-state index contributed by atoms with van der Waals surface area (Å²) in [5.41, 5.74) is 0. The largest absolute Gasteiger partial charge is 0.357 e. The van der Waals surface area contributed by atoms with Crippen molar-refractivity contribution in [1.29, 1.82) is 0 Å². The third-order valence-corrected chi connectivity index (χ3v) is 6.31. The van der Waals surface area contributed by atoms with Crippen LogP contribution in [0.15, 0.2) is 4.99 Å². The molecule has 1 atom stereocenters. The number of nitrogens with zero attached hydrogens (tertiary/aromatic N) is 5. The van der Waals surface area contributed by atoms with Crippen molar-refractivity contribution >= 4 is 35.8 Å². The van der Waals surface area contributed by atoms with E-state index in [0.717, 1.165) is 90.7 Å². The summed E-state index contributed by atoms with van der Waals surface area (Å²) in [7, 11) is 0. The molecule has 0 bridgehead atoms. The third kappa shape index (κ3) is 8.49. The summed E-state index contributed by atoms with van der Waals surface area (Å²) >= 11 is 0. The lowest BCUT2D eigenvalue weighted by Gasteiger charge is -2.39. The molecular formula is C22H45IN6O. The molecule has 2 fully saturated rings. The second-order valence-electron chi connectivity index (χ2n) is 8.20. The number of piperazine rings is 1. The van der Waals surface area contributed by atoms with Crippen LogP contribution in [-0.4, -0.2) is 110 Å². The van der Waals surface area contributed by atoms with E-state index in [0.29, 0.717) is 5.91 Å². The summed E-state index contributed by atoms with van der Waals surface area (Å²) in [4.78, 5) is 26.8. The van der Waals surface area contributed by atoms with Crippen LogP contribution >= 0.6 is 24.0 Å².